The summed E-state index contributed by atoms with van der Waals surface area (Å²) in [7, 11) is 6.20. The van der Waals surface area contributed by atoms with Crippen LogP contribution < -0.4 is 9.64 Å². The maximum Gasteiger partial charge on any atom is 0.344 e. The molecule has 1 aliphatic carbocycles. The van der Waals surface area contributed by atoms with Crippen molar-refractivity contribution in [3.63, 3.8) is 0 Å². The summed E-state index contributed by atoms with van der Waals surface area (Å²) in [6.07, 6.45) is 7.57. The van der Waals surface area contributed by atoms with E-state index in [0.29, 0.717) is 54.7 Å². The molecule has 6 heterocycles. The van der Waals surface area contributed by atoms with Crippen molar-refractivity contribution in [2.24, 2.45) is 11.3 Å². The fourth-order valence-electron chi connectivity index (χ4n) is 12.9. The molecule has 1 spiro atoms. The lowest BCUT2D eigenvalue weighted by molar-refractivity contribution is -0.228. The van der Waals surface area contributed by atoms with E-state index >= 15 is 4.79 Å². The lowest BCUT2D eigenvalue weighted by atomic mass is 9.47. The Morgan fingerprint density at radius 3 is 2.48 bits per heavy atom. The third-order valence-corrected chi connectivity index (χ3v) is 15.6. The van der Waals surface area contributed by atoms with Gasteiger partial charge in [-0.05, 0) is 77.3 Å². The number of aliphatic hydroxyl groups is 1. The molecule has 308 valence electrons. The number of nitrogens with zero attached hydrogens (tertiary/aromatic N) is 3. The van der Waals surface area contributed by atoms with E-state index in [-0.39, 0.29) is 12.0 Å². The standard InChI is InChI=1S/C45H53BrN4O8/c1-8-26-19-27-21-44(40(52)56-6,36-29(24-49(22-26)23-27)28-13-10-11-14-32(28)47-36)31-20-30-34(33(46)35(31)55-5)48(4)38-43(30)16-18-50-17-12-15-42(9-2,37(43)50)39(58-25(3)51)45(38,54)41(53)57-7/h10-15,19-20,27,37-39,47,54H,8-9,16-18,21-24H2,1-7H3/t27-,37-,38+,39+,42+,43+,44-,45-/m0/s1. The topological polar surface area (TPSA) is 134 Å². The number of likely N-dealkylation sites (N-methyl/N-ethyl adjacent to an activating group) is 1. The number of carbonyl (C=O) groups is 3. The number of H-pyrrole nitrogens is 1. The van der Waals surface area contributed by atoms with E-state index in [0.717, 1.165) is 52.9 Å². The first-order valence-corrected chi connectivity index (χ1v) is 21.3. The highest BCUT2D eigenvalue weighted by Gasteiger charge is 2.80. The second-order valence-electron chi connectivity index (χ2n) is 17.3. The largest absolute Gasteiger partial charge is 0.495 e. The number of benzene rings is 2. The van der Waals surface area contributed by atoms with E-state index in [1.165, 1.54) is 26.7 Å². The van der Waals surface area contributed by atoms with Crippen LogP contribution in [-0.2, 0) is 46.0 Å². The number of hydrogen-bond donors (Lipinski definition) is 2. The van der Waals surface area contributed by atoms with Gasteiger partial charge < -0.3 is 33.9 Å². The van der Waals surface area contributed by atoms with Crippen molar-refractivity contribution in [2.75, 3.05) is 59.5 Å². The Hall–Kier alpha value is -4.17. The third-order valence-electron chi connectivity index (χ3n) is 14.8. The Balaban J connectivity index is 1.39. The van der Waals surface area contributed by atoms with Crippen molar-refractivity contribution in [2.45, 2.75) is 87.6 Å². The molecule has 2 fully saturated rings. The summed E-state index contributed by atoms with van der Waals surface area (Å²) in [5.41, 5.74) is 0.774. The summed E-state index contributed by atoms with van der Waals surface area (Å²) in [5, 5.41) is 14.4. The lowest BCUT2D eigenvalue weighted by Gasteiger charge is -2.63. The Morgan fingerprint density at radius 2 is 1.79 bits per heavy atom. The van der Waals surface area contributed by atoms with Gasteiger partial charge in [0.15, 0.2) is 6.10 Å². The van der Waals surface area contributed by atoms with Crippen LogP contribution in [-0.4, -0.2) is 116 Å². The number of nitrogens with one attached hydrogen (secondary N) is 1. The van der Waals surface area contributed by atoms with Gasteiger partial charge in [0.25, 0.3) is 0 Å². The Labute approximate surface area is 347 Å². The number of methoxy groups -OCH3 is 3. The van der Waals surface area contributed by atoms with Crippen LogP contribution in [0, 0.1) is 11.3 Å². The Morgan fingerprint density at radius 1 is 1.03 bits per heavy atom. The SMILES string of the molecule is CCC1=C[C@@H]2CN(C1)Cc1c([nH]c3ccccc13)[C@@](C(=O)OC)(c1cc3c(c(Br)c1OC)N(C)[C@H]1[C@@](O)(C(=O)OC)[C@H](OC(C)=O)[C@]4(CC)C=CCN5CC[C@]31[C@@H]54)C2. The van der Waals surface area contributed by atoms with Crippen LogP contribution in [0.4, 0.5) is 5.69 Å². The Kier molecular flexibility index (Phi) is 9.27. The van der Waals surface area contributed by atoms with Gasteiger partial charge >= 0.3 is 17.9 Å². The lowest BCUT2D eigenvalue weighted by Crippen LogP contribution is -2.81. The van der Waals surface area contributed by atoms with Crippen molar-refractivity contribution >= 4 is 50.4 Å². The van der Waals surface area contributed by atoms with Gasteiger partial charge in [-0.25, -0.2) is 4.79 Å². The number of ether oxygens (including phenoxy) is 4. The zero-order valence-corrected chi connectivity index (χ0v) is 35.9. The number of rotatable bonds is 7. The summed E-state index contributed by atoms with van der Waals surface area (Å²) >= 11 is 4.04. The summed E-state index contributed by atoms with van der Waals surface area (Å²) in [6.45, 7) is 9.12. The molecule has 1 saturated heterocycles. The number of halogens is 1. The quantitative estimate of drug-likeness (QED) is 0.177. The van der Waals surface area contributed by atoms with Crippen molar-refractivity contribution < 1.29 is 38.4 Å². The molecule has 1 unspecified atom stereocenters. The predicted molar refractivity (Wildman–Crippen MR) is 222 cm³/mol. The molecule has 2 aromatic carbocycles. The molecule has 1 saturated carbocycles. The van der Waals surface area contributed by atoms with Crippen LogP contribution in [0.25, 0.3) is 10.9 Å². The third kappa shape index (κ3) is 4.87. The molecule has 6 aliphatic rings. The van der Waals surface area contributed by atoms with Crippen LogP contribution >= 0.6 is 15.9 Å². The second kappa shape index (κ2) is 13.7. The van der Waals surface area contributed by atoms with Crippen LogP contribution in [0.5, 0.6) is 5.75 Å². The number of aromatic nitrogens is 1. The van der Waals surface area contributed by atoms with Crippen molar-refractivity contribution in [3.8, 4) is 5.75 Å². The molecule has 13 heteroatoms. The molecule has 9 rings (SSSR count). The van der Waals surface area contributed by atoms with E-state index in [4.69, 9.17) is 18.9 Å². The van der Waals surface area contributed by atoms with Gasteiger partial charge in [-0.15, -0.1) is 0 Å². The minimum Gasteiger partial charge on any atom is -0.495 e. The summed E-state index contributed by atoms with van der Waals surface area (Å²) in [6, 6.07) is 9.10. The minimum absolute atomic E-state index is 0.00876. The monoisotopic (exact) mass is 856 g/mol. The molecule has 58 heavy (non-hydrogen) atoms. The van der Waals surface area contributed by atoms with E-state index in [9.17, 15) is 14.7 Å². The van der Waals surface area contributed by atoms with Gasteiger partial charge in [0.05, 0.1) is 37.5 Å². The van der Waals surface area contributed by atoms with Crippen molar-refractivity contribution in [1.82, 2.24) is 14.8 Å². The number of fused-ring (bicyclic) bond motifs is 6. The summed E-state index contributed by atoms with van der Waals surface area (Å²) in [4.78, 5) is 53.3. The zero-order chi connectivity index (χ0) is 41.1. The molecule has 9 atom stereocenters. The highest BCUT2D eigenvalue weighted by molar-refractivity contribution is 9.10. The van der Waals surface area contributed by atoms with Gasteiger partial charge in [0, 0.05) is 79.2 Å². The smallest absolute Gasteiger partial charge is 0.344 e. The molecule has 3 aromatic rings. The number of para-hydroxylation sites is 1. The fourth-order valence-corrected chi connectivity index (χ4v) is 13.8. The molecule has 5 aliphatic heterocycles. The average molecular weight is 858 g/mol. The fraction of sp³-hybridized carbons (Fsp3) is 0.533. The molecule has 2 N–H and O–H groups in total. The van der Waals surface area contributed by atoms with Gasteiger partial charge in [-0.1, -0.05) is 55.8 Å². The van der Waals surface area contributed by atoms with E-state index in [2.05, 4.69) is 74.1 Å². The molecule has 12 nitrogen and oxygen atoms in total. The zero-order valence-electron chi connectivity index (χ0n) is 34.3. The van der Waals surface area contributed by atoms with Crippen LogP contribution in [0.3, 0.4) is 0 Å². The average Bonchev–Trinajstić information content (AvgIpc) is 3.87. The van der Waals surface area contributed by atoms with Gasteiger partial charge in [0.1, 0.15) is 11.2 Å². The highest BCUT2D eigenvalue weighted by atomic mass is 79.9. The van der Waals surface area contributed by atoms with E-state index in [1.54, 1.807) is 7.11 Å². The molecule has 0 amide bonds. The summed E-state index contributed by atoms with van der Waals surface area (Å²) < 4.78 is 24.6. The maximum absolute atomic E-state index is 15.3. The molecular formula is C45H53BrN4O8. The van der Waals surface area contributed by atoms with Crippen LogP contribution in [0.1, 0.15) is 68.8 Å². The highest BCUT2D eigenvalue weighted by Crippen LogP contribution is 2.69. The number of anilines is 1. The maximum atomic E-state index is 15.3. The van der Waals surface area contributed by atoms with Crippen molar-refractivity contribution in [1.29, 1.82) is 0 Å². The first kappa shape index (κ1) is 39.3. The van der Waals surface area contributed by atoms with Crippen LogP contribution in [0.15, 0.2) is 58.6 Å². The van der Waals surface area contributed by atoms with Gasteiger partial charge in [-0.3, -0.25) is 19.4 Å². The molecule has 0 radical (unpaired) electrons. The molecule has 2 bridgehead atoms. The molecular weight excluding hydrogens is 804 g/mol. The number of carbonyl (C=O) groups excluding carboxylic acids is 3. The first-order valence-electron chi connectivity index (χ1n) is 20.5. The first-order chi connectivity index (χ1) is 27.8. The summed E-state index contributed by atoms with van der Waals surface area (Å²) in [5.74, 6) is -1.41. The number of hydrogen-bond acceptors (Lipinski definition) is 11. The van der Waals surface area contributed by atoms with Crippen molar-refractivity contribution in [3.05, 3.63) is 81.0 Å². The van der Waals surface area contributed by atoms with E-state index in [1.807, 2.05) is 31.0 Å². The minimum atomic E-state index is -2.30. The van der Waals surface area contributed by atoms with Gasteiger partial charge in [0.2, 0.25) is 5.60 Å². The van der Waals surface area contributed by atoms with E-state index < -0.39 is 51.9 Å². The van der Waals surface area contributed by atoms with Gasteiger partial charge in [-0.2, -0.15) is 0 Å². The number of aromatic amines is 1. The van der Waals surface area contributed by atoms with Crippen LogP contribution in [0.2, 0.25) is 0 Å². The normalized spacial score (nSPS) is 34.5. The molecule has 1 aromatic heterocycles. The number of esters is 3. The Bertz CT molecular complexity index is 2310. The second-order valence-corrected chi connectivity index (χ2v) is 18.1. The predicted octanol–water partition coefficient (Wildman–Crippen LogP) is 5.52.